The number of fused-ring (bicyclic) bond motifs is 2. The molecule has 0 spiro atoms. The lowest BCUT2D eigenvalue weighted by Crippen LogP contribution is -2.53. The third-order valence-electron chi connectivity index (χ3n) is 8.15. The van der Waals surface area contributed by atoms with Crippen molar-refractivity contribution in [1.29, 1.82) is 0 Å². The van der Waals surface area contributed by atoms with E-state index < -0.39 is 22.6 Å². The highest BCUT2D eigenvalue weighted by atomic mass is 32.2. The van der Waals surface area contributed by atoms with Crippen LogP contribution in [0.25, 0.3) is 0 Å². The van der Waals surface area contributed by atoms with Gasteiger partial charge < -0.3 is 14.7 Å². The van der Waals surface area contributed by atoms with Crippen LogP contribution >= 0.6 is 0 Å². The molecule has 4 heterocycles. The van der Waals surface area contributed by atoms with Crippen LogP contribution in [0.15, 0.2) is 10.6 Å². The highest BCUT2D eigenvalue weighted by Gasteiger charge is 2.47. The molecule has 8 nitrogen and oxygen atoms in total. The fourth-order valence-corrected chi connectivity index (χ4v) is 8.58. The standard InChI is InChI=1S/C24H35F3N4O4S/c25-24(26,27)8-1-9-30-10-6-16(7-11-30)15-36(33,34)31-19-4-5-20(31)13-18(12-19)28-23(32)21-14-22(35-29-21)17-2-3-17/h14,16-20H,1-13,15H2,(H,28,32)/t18?,19-,20+. The number of carbonyl (C=O) groups is 1. The van der Waals surface area contributed by atoms with Crippen LogP contribution in [-0.4, -0.2) is 78.4 Å². The summed E-state index contributed by atoms with van der Waals surface area (Å²) in [4.78, 5) is 14.7. The highest BCUT2D eigenvalue weighted by Crippen LogP contribution is 2.41. The number of alkyl halides is 3. The van der Waals surface area contributed by atoms with E-state index >= 15 is 0 Å². The maximum absolute atomic E-state index is 13.4. The largest absolute Gasteiger partial charge is 0.389 e. The Labute approximate surface area is 210 Å². The molecule has 4 aliphatic rings. The number of hydrogen-bond donors (Lipinski definition) is 1. The van der Waals surface area contributed by atoms with E-state index in [2.05, 4.69) is 10.5 Å². The Bertz CT molecular complexity index is 1020. The van der Waals surface area contributed by atoms with Gasteiger partial charge in [0.2, 0.25) is 10.0 Å². The fraction of sp³-hybridized carbons (Fsp3) is 0.833. The third-order valence-corrected chi connectivity index (χ3v) is 10.3. The van der Waals surface area contributed by atoms with Gasteiger partial charge in [-0.1, -0.05) is 5.16 Å². The first kappa shape index (κ1) is 26.0. The van der Waals surface area contributed by atoms with Crippen molar-refractivity contribution in [3.8, 4) is 0 Å². The van der Waals surface area contributed by atoms with Crippen LogP contribution < -0.4 is 5.32 Å². The summed E-state index contributed by atoms with van der Waals surface area (Å²) in [6, 6.07) is 1.40. The molecule has 1 aromatic rings. The summed E-state index contributed by atoms with van der Waals surface area (Å²) in [6.07, 6.45) is 1.45. The molecule has 202 valence electrons. The summed E-state index contributed by atoms with van der Waals surface area (Å²) < 4.78 is 70.9. The van der Waals surface area contributed by atoms with Crippen LogP contribution in [0.2, 0.25) is 0 Å². The van der Waals surface area contributed by atoms with Crippen LogP contribution in [0.4, 0.5) is 13.2 Å². The van der Waals surface area contributed by atoms with E-state index in [4.69, 9.17) is 4.52 Å². The van der Waals surface area contributed by atoms with Gasteiger partial charge in [-0.15, -0.1) is 0 Å². The molecule has 1 N–H and O–H groups in total. The number of piperidine rings is 2. The zero-order chi connectivity index (χ0) is 25.5. The molecule has 4 fully saturated rings. The van der Waals surface area contributed by atoms with Crippen LogP contribution in [0.1, 0.15) is 86.4 Å². The molecule has 1 unspecified atom stereocenters. The second kappa shape index (κ2) is 10.2. The molecule has 1 amide bonds. The van der Waals surface area contributed by atoms with Crippen LogP contribution in [-0.2, 0) is 10.0 Å². The monoisotopic (exact) mass is 532 g/mol. The highest BCUT2D eigenvalue weighted by molar-refractivity contribution is 7.89. The number of sulfonamides is 1. The van der Waals surface area contributed by atoms with Crippen molar-refractivity contribution < 1.29 is 30.9 Å². The Morgan fingerprint density at radius 3 is 2.36 bits per heavy atom. The molecule has 3 saturated heterocycles. The second-order valence-corrected chi connectivity index (χ2v) is 12.9. The van der Waals surface area contributed by atoms with E-state index in [1.165, 1.54) is 0 Å². The Balaban J connectivity index is 1.09. The van der Waals surface area contributed by atoms with Gasteiger partial charge in [0.1, 0.15) is 5.76 Å². The first-order valence-electron chi connectivity index (χ1n) is 13.2. The molecule has 3 aliphatic heterocycles. The van der Waals surface area contributed by atoms with E-state index in [1.54, 1.807) is 10.4 Å². The zero-order valence-electron chi connectivity index (χ0n) is 20.4. The quantitative estimate of drug-likeness (QED) is 0.522. The topological polar surface area (TPSA) is 95.8 Å². The molecule has 0 radical (unpaired) electrons. The number of amides is 1. The van der Waals surface area contributed by atoms with Gasteiger partial charge in [-0.25, -0.2) is 8.42 Å². The first-order chi connectivity index (χ1) is 17.1. The predicted molar refractivity (Wildman–Crippen MR) is 126 cm³/mol. The maximum Gasteiger partial charge on any atom is 0.389 e. The number of aromatic nitrogens is 1. The van der Waals surface area contributed by atoms with E-state index in [-0.39, 0.29) is 47.8 Å². The van der Waals surface area contributed by atoms with Crippen molar-refractivity contribution in [3.63, 3.8) is 0 Å². The molecular formula is C24H35F3N4O4S. The van der Waals surface area contributed by atoms with Gasteiger partial charge in [0, 0.05) is 36.5 Å². The number of rotatable bonds is 9. The van der Waals surface area contributed by atoms with E-state index in [0.29, 0.717) is 51.2 Å². The minimum absolute atomic E-state index is 0.0264. The van der Waals surface area contributed by atoms with Crippen molar-refractivity contribution >= 4 is 15.9 Å². The third kappa shape index (κ3) is 6.24. The molecule has 0 aromatic carbocycles. The zero-order valence-corrected chi connectivity index (χ0v) is 21.2. The summed E-state index contributed by atoms with van der Waals surface area (Å²) in [5, 5.41) is 6.94. The number of carbonyl (C=O) groups excluding carboxylic acids is 1. The molecule has 2 bridgehead atoms. The lowest BCUT2D eigenvalue weighted by atomic mass is 9.99. The summed E-state index contributed by atoms with van der Waals surface area (Å²) in [6.45, 7) is 1.69. The van der Waals surface area contributed by atoms with Gasteiger partial charge in [-0.05, 0) is 83.3 Å². The van der Waals surface area contributed by atoms with Crippen molar-refractivity contribution in [3.05, 3.63) is 17.5 Å². The number of halogens is 3. The summed E-state index contributed by atoms with van der Waals surface area (Å²) in [5.41, 5.74) is 0.282. The fourth-order valence-electron chi connectivity index (χ4n) is 6.19. The van der Waals surface area contributed by atoms with E-state index in [0.717, 1.165) is 31.4 Å². The summed E-state index contributed by atoms with van der Waals surface area (Å²) in [5.74, 6) is 0.987. The molecule has 12 heteroatoms. The van der Waals surface area contributed by atoms with Crippen LogP contribution in [0, 0.1) is 5.92 Å². The summed E-state index contributed by atoms with van der Waals surface area (Å²) >= 11 is 0. The lowest BCUT2D eigenvalue weighted by Gasteiger charge is -2.39. The normalized spacial score (nSPS) is 28.5. The Morgan fingerprint density at radius 2 is 1.75 bits per heavy atom. The molecule has 3 atom stereocenters. The van der Waals surface area contributed by atoms with E-state index in [9.17, 15) is 26.4 Å². The average Bonchev–Trinajstić information content (AvgIpc) is 3.45. The number of nitrogens with zero attached hydrogens (tertiary/aromatic N) is 3. The maximum atomic E-state index is 13.4. The van der Waals surface area contributed by atoms with Gasteiger partial charge in [0.05, 0.1) is 5.75 Å². The number of likely N-dealkylation sites (tertiary alicyclic amines) is 1. The van der Waals surface area contributed by atoms with Crippen LogP contribution in [0.5, 0.6) is 0 Å². The molecular weight excluding hydrogens is 497 g/mol. The minimum atomic E-state index is -4.13. The van der Waals surface area contributed by atoms with Gasteiger partial charge >= 0.3 is 6.18 Å². The predicted octanol–water partition coefficient (Wildman–Crippen LogP) is 3.66. The summed E-state index contributed by atoms with van der Waals surface area (Å²) in [7, 11) is -3.45. The number of hydrogen-bond acceptors (Lipinski definition) is 6. The SMILES string of the molecule is O=C(NC1C[C@H]2CC[C@@H](C1)N2S(=O)(=O)CC1CCN(CCCC(F)(F)F)CC1)c1cc(C2CC2)on1. The van der Waals surface area contributed by atoms with Gasteiger partial charge in [-0.2, -0.15) is 17.5 Å². The van der Waals surface area contributed by atoms with Crippen molar-refractivity contribution in [1.82, 2.24) is 19.7 Å². The first-order valence-corrected chi connectivity index (χ1v) is 14.8. The van der Waals surface area contributed by atoms with Crippen molar-refractivity contribution in [2.45, 2.75) is 94.4 Å². The van der Waals surface area contributed by atoms with Gasteiger partial charge in [0.15, 0.2) is 5.69 Å². The van der Waals surface area contributed by atoms with Crippen molar-refractivity contribution in [2.75, 3.05) is 25.4 Å². The Hall–Kier alpha value is -1.66. The Kier molecular flexibility index (Phi) is 7.39. The molecule has 1 aliphatic carbocycles. The lowest BCUT2D eigenvalue weighted by molar-refractivity contribution is -0.136. The molecule has 1 aromatic heterocycles. The van der Waals surface area contributed by atoms with Crippen molar-refractivity contribution in [2.24, 2.45) is 5.92 Å². The van der Waals surface area contributed by atoms with Gasteiger partial charge in [-0.3, -0.25) is 4.79 Å². The second-order valence-electron chi connectivity index (χ2n) is 11.0. The Morgan fingerprint density at radius 1 is 1.08 bits per heavy atom. The van der Waals surface area contributed by atoms with Crippen LogP contribution in [0.3, 0.4) is 0 Å². The smallest absolute Gasteiger partial charge is 0.360 e. The van der Waals surface area contributed by atoms with E-state index in [1.807, 2.05) is 4.90 Å². The molecule has 5 rings (SSSR count). The minimum Gasteiger partial charge on any atom is -0.360 e. The number of nitrogens with one attached hydrogen (secondary N) is 1. The van der Waals surface area contributed by atoms with Gasteiger partial charge in [0.25, 0.3) is 5.91 Å². The average molecular weight is 533 g/mol. The molecule has 1 saturated carbocycles. The molecule has 36 heavy (non-hydrogen) atoms.